The topological polar surface area (TPSA) is 57.5 Å². The van der Waals surface area contributed by atoms with Crippen LogP contribution in [-0.2, 0) is 12.8 Å². The SMILES string of the molecule is CCCCCCc1ccccc1CCCCCC.O=C(O)O. The van der Waals surface area contributed by atoms with E-state index in [0.29, 0.717) is 0 Å². The molecule has 0 saturated heterocycles. The first kappa shape index (κ1) is 20.5. The van der Waals surface area contributed by atoms with Crippen LogP contribution in [0.15, 0.2) is 24.3 Å². The predicted octanol–water partition coefficient (Wildman–Crippen LogP) is 6.15. The van der Waals surface area contributed by atoms with Crippen molar-refractivity contribution in [3.63, 3.8) is 0 Å². The molecule has 3 heteroatoms. The van der Waals surface area contributed by atoms with E-state index in [4.69, 9.17) is 15.0 Å². The van der Waals surface area contributed by atoms with Crippen molar-refractivity contribution in [2.45, 2.75) is 78.1 Å². The van der Waals surface area contributed by atoms with Gasteiger partial charge in [0.1, 0.15) is 0 Å². The van der Waals surface area contributed by atoms with Gasteiger partial charge in [0.15, 0.2) is 0 Å². The van der Waals surface area contributed by atoms with Crippen LogP contribution in [0.25, 0.3) is 0 Å². The minimum absolute atomic E-state index is 1.28. The van der Waals surface area contributed by atoms with E-state index in [9.17, 15) is 0 Å². The fraction of sp³-hybridized carbons (Fsp3) is 0.632. The standard InChI is InChI=1S/C18H30.CH2O3/c1-3-5-7-9-13-17-15-11-12-16-18(17)14-10-8-6-4-2;2-1(3)4/h11-12,15-16H,3-10,13-14H2,1-2H3;(H2,2,3,4). The highest BCUT2D eigenvalue weighted by Gasteiger charge is 2.01. The lowest BCUT2D eigenvalue weighted by atomic mass is 9.97. The zero-order chi connectivity index (χ0) is 16.6. The van der Waals surface area contributed by atoms with Crippen LogP contribution < -0.4 is 0 Å². The van der Waals surface area contributed by atoms with Crippen molar-refractivity contribution >= 4 is 6.16 Å². The molecule has 0 amide bonds. The van der Waals surface area contributed by atoms with Gasteiger partial charge in [-0.2, -0.15) is 0 Å². The molecule has 1 aromatic rings. The van der Waals surface area contributed by atoms with E-state index in [2.05, 4.69) is 38.1 Å². The largest absolute Gasteiger partial charge is 0.503 e. The molecule has 0 aromatic heterocycles. The Morgan fingerprint density at radius 2 is 1.14 bits per heavy atom. The van der Waals surface area contributed by atoms with Gasteiger partial charge in [-0.25, -0.2) is 4.79 Å². The minimum atomic E-state index is -1.83. The summed E-state index contributed by atoms with van der Waals surface area (Å²) in [6.45, 7) is 4.56. The molecular formula is C19H32O3. The quantitative estimate of drug-likeness (QED) is 0.509. The first-order valence-electron chi connectivity index (χ1n) is 8.60. The van der Waals surface area contributed by atoms with Gasteiger partial charge in [0.05, 0.1) is 0 Å². The summed E-state index contributed by atoms with van der Waals surface area (Å²) in [7, 11) is 0. The first-order valence-corrected chi connectivity index (χ1v) is 8.60. The van der Waals surface area contributed by atoms with E-state index in [0.717, 1.165) is 0 Å². The summed E-state index contributed by atoms with van der Waals surface area (Å²) in [6, 6.07) is 9.07. The first-order chi connectivity index (χ1) is 10.6. The molecule has 0 fully saturated rings. The maximum atomic E-state index is 8.56. The van der Waals surface area contributed by atoms with Gasteiger partial charge in [-0.05, 0) is 36.8 Å². The highest BCUT2D eigenvalue weighted by atomic mass is 16.6. The summed E-state index contributed by atoms with van der Waals surface area (Å²) in [5.41, 5.74) is 3.20. The molecule has 0 heterocycles. The molecule has 0 aliphatic rings. The smallest absolute Gasteiger partial charge is 0.450 e. The molecule has 1 aromatic carbocycles. The van der Waals surface area contributed by atoms with Gasteiger partial charge in [0.2, 0.25) is 0 Å². The highest BCUT2D eigenvalue weighted by molar-refractivity contribution is 5.53. The summed E-state index contributed by atoms with van der Waals surface area (Å²) in [5, 5.41) is 13.9. The molecular weight excluding hydrogens is 276 g/mol. The molecule has 0 aliphatic heterocycles. The summed E-state index contributed by atoms with van der Waals surface area (Å²) in [4.78, 5) is 8.56. The van der Waals surface area contributed by atoms with E-state index < -0.39 is 6.16 Å². The van der Waals surface area contributed by atoms with Crippen LogP contribution in [0.5, 0.6) is 0 Å². The molecule has 0 saturated carbocycles. The fourth-order valence-corrected chi connectivity index (χ4v) is 2.53. The van der Waals surface area contributed by atoms with Crippen LogP contribution >= 0.6 is 0 Å². The zero-order valence-corrected chi connectivity index (χ0v) is 14.2. The van der Waals surface area contributed by atoms with E-state index in [-0.39, 0.29) is 0 Å². The number of aryl methyl sites for hydroxylation is 2. The normalized spacial score (nSPS) is 9.91. The van der Waals surface area contributed by atoms with Crippen LogP contribution in [-0.4, -0.2) is 16.4 Å². The average Bonchev–Trinajstić information content (AvgIpc) is 2.49. The lowest BCUT2D eigenvalue weighted by Crippen LogP contribution is -1.95. The molecule has 0 atom stereocenters. The van der Waals surface area contributed by atoms with Crippen LogP contribution in [0, 0.1) is 0 Å². The second-order valence-electron chi connectivity index (χ2n) is 5.67. The van der Waals surface area contributed by atoms with Gasteiger partial charge in [-0.1, -0.05) is 76.6 Å². The summed E-state index contributed by atoms with van der Waals surface area (Å²) < 4.78 is 0. The number of carboxylic acid groups (broad SMARTS) is 2. The maximum Gasteiger partial charge on any atom is 0.503 e. The summed E-state index contributed by atoms with van der Waals surface area (Å²) in [5.74, 6) is 0. The highest BCUT2D eigenvalue weighted by Crippen LogP contribution is 2.16. The van der Waals surface area contributed by atoms with E-state index in [1.54, 1.807) is 11.1 Å². The fourth-order valence-electron chi connectivity index (χ4n) is 2.53. The molecule has 3 nitrogen and oxygen atoms in total. The van der Waals surface area contributed by atoms with E-state index in [1.807, 2.05) is 0 Å². The monoisotopic (exact) mass is 308 g/mol. The number of hydrogen-bond acceptors (Lipinski definition) is 1. The van der Waals surface area contributed by atoms with Gasteiger partial charge in [-0.15, -0.1) is 0 Å². The zero-order valence-electron chi connectivity index (χ0n) is 14.2. The average molecular weight is 308 g/mol. The van der Waals surface area contributed by atoms with Gasteiger partial charge in [0.25, 0.3) is 0 Å². The maximum absolute atomic E-state index is 8.56. The Labute approximate surface area is 135 Å². The van der Waals surface area contributed by atoms with Crippen LogP contribution in [0.2, 0.25) is 0 Å². The molecule has 0 unspecified atom stereocenters. The second-order valence-corrected chi connectivity index (χ2v) is 5.67. The van der Waals surface area contributed by atoms with Crippen LogP contribution in [0.3, 0.4) is 0 Å². The number of unbranched alkanes of at least 4 members (excludes halogenated alkanes) is 6. The van der Waals surface area contributed by atoms with E-state index in [1.165, 1.54) is 64.2 Å². The Morgan fingerprint density at radius 1 is 0.773 bits per heavy atom. The molecule has 0 aliphatic carbocycles. The molecule has 2 N–H and O–H groups in total. The lowest BCUT2D eigenvalue weighted by molar-refractivity contribution is 0.137. The van der Waals surface area contributed by atoms with Crippen molar-refractivity contribution in [1.29, 1.82) is 0 Å². The van der Waals surface area contributed by atoms with Gasteiger partial charge in [-0.3, -0.25) is 0 Å². The molecule has 0 spiro atoms. The lowest BCUT2D eigenvalue weighted by Gasteiger charge is -2.09. The Bertz CT molecular complexity index is 353. The van der Waals surface area contributed by atoms with Gasteiger partial charge >= 0.3 is 6.16 Å². The minimum Gasteiger partial charge on any atom is -0.450 e. The Morgan fingerprint density at radius 3 is 1.45 bits per heavy atom. The number of benzene rings is 1. The molecule has 0 radical (unpaired) electrons. The predicted molar refractivity (Wildman–Crippen MR) is 92.8 cm³/mol. The van der Waals surface area contributed by atoms with Crippen LogP contribution in [0.1, 0.15) is 76.3 Å². The van der Waals surface area contributed by atoms with E-state index >= 15 is 0 Å². The Kier molecular flexibility index (Phi) is 13.4. The van der Waals surface area contributed by atoms with Crippen molar-refractivity contribution in [3.05, 3.63) is 35.4 Å². The van der Waals surface area contributed by atoms with Crippen molar-refractivity contribution in [2.24, 2.45) is 0 Å². The van der Waals surface area contributed by atoms with Crippen molar-refractivity contribution in [1.82, 2.24) is 0 Å². The van der Waals surface area contributed by atoms with Crippen molar-refractivity contribution in [3.8, 4) is 0 Å². The number of hydrogen-bond donors (Lipinski definition) is 2. The number of rotatable bonds is 10. The molecule has 1 rings (SSSR count). The van der Waals surface area contributed by atoms with Gasteiger partial charge < -0.3 is 10.2 Å². The third-order valence-corrected chi connectivity index (χ3v) is 3.72. The third-order valence-electron chi connectivity index (χ3n) is 3.72. The Balaban J connectivity index is 0.000000980. The summed E-state index contributed by atoms with van der Waals surface area (Å²) >= 11 is 0. The van der Waals surface area contributed by atoms with Crippen molar-refractivity contribution < 1.29 is 15.0 Å². The van der Waals surface area contributed by atoms with Gasteiger partial charge in [0, 0.05) is 0 Å². The Hall–Kier alpha value is -1.51. The molecule has 126 valence electrons. The third kappa shape index (κ3) is 12.2. The number of carbonyl (C=O) groups is 1. The second kappa shape index (κ2) is 14.4. The summed E-state index contributed by atoms with van der Waals surface area (Å²) in [6.07, 6.45) is 11.7. The van der Waals surface area contributed by atoms with Crippen LogP contribution in [0.4, 0.5) is 4.79 Å². The van der Waals surface area contributed by atoms with Crippen molar-refractivity contribution in [2.75, 3.05) is 0 Å². The molecule has 0 bridgehead atoms. The molecule has 22 heavy (non-hydrogen) atoms.